The van der Waals surface area contributed by atoms with Crippen LogP contribution >= 0.6 is 27.3 Å². The molecular weight excluding hydrogens is 352 g/mol. The van der Waals surface area contributed by atoms with Crippen LogP contribution < -0.4 is 15.8 Å². The van der Waals surface area contributed by atoms with Crippen molar-refractivity contribution in [3.63, 3.8) is 0 Å². The molecule has 6 heteroatoms. The molecule has 21 heavy (non-hydrogen) atoms. The fraction of sp³-hybridized carbons (Fsp3) is 0.267. The molecule has 0 fully saturated rings. The zero-order valence-corrected chi connectivity index (χ0v) is 14.0. The van der Waals surface area contributed by atoms with Crippen molar-refractivity contribution in [1.82, 2.24) is 0 Å². The number of anilines is 1. The van der Waals surface area contributed by atoms with Crippen LogP contribution in [0.5, 0.6) is 5.75 Å². The zero-order chi connectivity index (χ0) is 15.2. The predicted molar refractivity (Wildman–Crippen MR) is 90.1 cm³/mol. The second-order valence-electron chi connectivity index (χ2n) is 4.51. The van der Waals surface area contributed by atoms with Gasteiger partial charge in [-0.2, -0.15) is 0 Å². The Balaban J connectivity index is 1.96. The largest absolute Gasteiger partial charge is 0.492 e. The van der Waals surface area contributed by atoms with E-state index >= 15 is 0 Å². The Morgan fingerprint density at radius 2 is 2.05 bits per heavy atom. The quantitative estimate of drug-likeness (QED) is 0.818. The van der Waals surface area contributed by atoms with Crippen molar-refractivity contribution < 1.29 is 9.53 Å². The molecule has 2 aromatic rings. The fourth-order valence-electron chi connectivity index (χ4n) is 1.75. The minimum Gasteiger partial charge on any atom is -0.492 e. The molecule has 0 saturated carbocycles. The van der Waals surface area contributed by atoms with Crippen LogP contribution in [0, 0.1) is 0 Å². The molecule has 0 radical (unpaired) electrons. The molecule has 1 atom stereocenters. The summed E-state index contributed by atoms with van der Waals surface area (Å²) >= 11 is 4.98. The van der Waals surface area contributed by atoms with Crippen LogP contribution in [0.1, 0.15) is 17.7 Å². The Labute approximate surface area is 136 Å². The molecule has 0 spiro atoms. The number of benzene rings is 1. The van der Waals surface area contributed by atoms with Gasteiger partial charge in [-0.3, -0.25) is 4.79 Å². The molecular formula is C15H17BrN2O2S. The van der Waals surface area contributed by atoms with Crippen LogP contribution in [0.2, 0.25) is 0 Å². The Bertz CT molecular complexity index is 598. The van der Waals surface area contributed by atoms with Crippen molar-refractivity contribution in [3.05, 3.63) is 45.1 Å². The smallest absolute Gasteiger partial charge is 0.232 e. The van der Waals surface area contributed by atoms with Crippen molar-refractivity contribution in [3.8, 4) is 5.75 Å². The first kappa shape index (κ1) is 16.0. The van der Waals surface area contributed by atoms with Crippen molar-refractivity contribution in [2.75, 3.05) is 18.5 Å². The van der Waals surface area contributed by atoms with Crippen LogP contribution in [0.25, 0.3) is 0 Å². The minimum atomic E-state index is -0.186. The number of carbonyl (C=O) groups is 1. The van der Waals surface area contributed by atoms with E-state index in [1.165, 1.54) is 0 Å². The van der Waals surface area contributed by atoms with Gasteiger partial charge in [0.1, 0.15) is 12.4 Å². The predicted octanol–water partition coefficient (Wildman–Crippen LogP) is 3.59. The van der Waals surface area contributed by atoms with Gasteiger partial charge in [-0.1, -0.05) is 0 Å². The number of ether oxygens (including phenoxy) is 1. The molecule has 2 rings (SSSR count). The maximum atomic E-state index is 12.2. The summed E-state index contributed by atoms with van der Waals surface area (Å²) in [5, 5.41) is 2.90. The number of hydrogen-bond acceptors (Lipinski definition) is 4. The topological polar surface area (TPSA) is 64.3 Å². The third-order valence-corrected chi connectivity index (χ3v) is 4.73. The second kappa shape index (κ2) is 7.59. The molecule has 0 bridgehead atoms. The van der Waals surface area contributed by atoms with Gasteiger partial charge < -0.3 is 15.8 Å². The Kier molecular flexibility index (Phi) is 5.78. The lowest BCUT2D eigenvalue weighted by Gasteiger charge is -2.11. The van der Waals surface area contributed by atoms with Crippen molar-refractivity contribution in [2.45, 2.75) is 12.8 Å². The monoisotopic (exact) mass is 368 g/mol. The van der Waals surface area contributed by atoms with Gasteiger partial charge in [-0.15, -0.1) is 11.3 Å². The first-order valence-electron chi connectivity index (χ1n) is 6.59. The standard InChI is InChI=1S/C15H17BrN2O2S/c1-10(13-6-7-14(16)21-13)15(19)18-11-2-4-12(5-3-11)20-9-8-17/h2-7,10H,8-9,17H2,1H3,(H,18,19). The Morgan fingerprint density at radius 3 is 2.62 bits per heavy atom. The van der Waals surface area contributed by atoms with E-state index in [0.717, 1.165) is 20.1 Å². The lowest BCUT2D eigenvalue weighted by atomic mass is 10.1. The average Bonchev–Trinajstić information content (AvgIpc) is 2.92. The van der Waals surface area contributed by atoms with Crippen molar-refractivity contribution >= 4 is 38.9 Å². The van der Waals surface area contributed by atoms with Crippen LogP contribution in [0.4, 0.5) is 5.69 Å². The lowest BCUT2D eigenvalue weighted by molar-refractivity contribution is -0.117. The molecule has 0 aliphatic heterocycles. The summed E-state index contributed by atoms with van der Waals surface area (Å²) in [6.45, 7) is 2.86. The fourth-order valence-corrected chi connectivity index (χ4v) is 3.23. The SMILES string of the molecule is CC(C(=O)Nc1ccc(OCCN)cc1)c1ccc(Br)s1. The molecule has 112 valence electrons. The van der Waals surface area contributed by atoms with E-state index < -0.39 is 0 Å². The molecule has 3 N–H and O–H groups in total. The van der Waals surface area contributed by atoms with Gasteiger partial charge in [0.15, 0.2) is 0 Å². The number of amides is 1. The highest BCUT2D eigenvalue weighted by atomic mass is 79.9. The second-order valence-corrected chi connectivity index (χ2v) is 7.01. The number of rotatable bonds is 6. The van der Waals surface area contributed by atoms with Gasteiger partial charge in [0.05, 0.1) is 9.70 Å². The molecule has 1 heterocycles. The van der Waals surface area contributed by atoms with Crippen LogP contribution in [0.15, 0.2) is 40.2 Å². The number of thiophene rings is 1. The lowest BCUT2D eigenvalue weighted by Crippen LogP contribution is -2.18. The van der Waals surface area contributed by atoms with Crippen LogP contribution in [-0.2, 0) is 4.79 Å². The number of halogens is 1. The molecule has 0 aliphatic rings. The zero-order valence-electron chi connectivity index (χ0n) is 11.6. The summed E-state index contributed by atoms with van der Waals surface area (Å²) in [7, 11) is 0. The third-order valence-electron chi connectivity index (χ3n) is 2.92. The summed E-state index contributed by atoms with van der Waals surface area (Å²) in [5.41, 5.74) is 6.13. The first-order chi connectivity index (χ1) is 10.1. The molecule has 4 nitrogen and oxygen atoms in total. The average molecular weight is 369 g/mol. The maximum absolute atomic E-state index is 12.2. The highest BCUT2D eigenvalue weighted by Crippen LogP contribution is 2.29. The van der Waals surface area contributed by atoms with Gasteiger partial charge in [0.2, 0.25) is 5.91 Å². The Hall–Kier alpha value is -1.37. The van der Waals surface area contributed by atoms with Gasteiger partial charge in [0, 0.05) is 17.1 Å². The van der Waals surface area contributed by atoms with Gasteiger partial charge in [0.25, 0.3) is 0 Å². The summed E-state index contributed by atoms with van der Waals surface area (Å²) in [4.78, 5) is 13.2. The normalized spacial score (nSPS) is 12.0. The summed E-state index contributed by atoms with van der Waals surface area (Å²) < 4.78 is 6.42. The number of nitrogens with two attached hydrogens (primary N) is 1. The van der Waals surface area contributed by atoms with Gasteiger partial charge in [-0.25, -0.2) is 0 Å². The van der Waals surface area contributed by atoms with Crippen molar-refractivity contribution in [1.29, 1.82) is 0 Å². The van der Waals surface area contributed by atoms with E-state index in [0.29, 0.717) is 13.2 Å². The highest BCUT2D eigenvalue weighted by molar-refractivity contribution is 9.11. The summed E-state index contributed by atoms with van der Waals surface area (Å²) in [6, 6.07) is 11.2. The van der Waals surface area contributed by atoms with E-state index in [1.807, 2.05) is 43.3 Å². The van der Waals surface area contributed by atoms with E-state index in [9.17, 15) is 4.79 Å². The summed E-state index contributed by atoms with van der Waals surface area (Å²) in [6.07, 6.45) is 0. The molecule has 1 unspecified atom stereocenters. The third kappa shape index (κ3) is 4.56. The maximum Gasteiger partial charge on any atom is 0.232 e. The van der Waals surface area contributed by atoms with E-state index in [4.69, 9.17) is 10.5 Å². The number of carbonyl (C=O) groups excluding carboxylic acids is 1. The molecule has 0 saturated heterocycles. The highest BCUT2D eigenvalue weighted by Gasteiger charge is 2.17. The van der Waals surface area contributed by atoms with Crippen LogP contribution in [-0.4, -0.2) is 19.1 Å². The molecule has 0 aliphatic carbocycles. The number of hydrogen-bond donors (Lipinski definition) is 2. The Morgan fingerprint density at radius 1 is 1.33 bits per heavy atom. The minimum absolute atomic E-state index is 0.0278. The van der Waals surface area contributed by atoms with Gasteiger partial charge >= 0.3 is 0 Å². The first-order valence-corrected chi connectivity index (χ1v) is 8.20. The van der Waals surface area contributed by atoms with Crippen LogP contribution in [0.3, 0.4) is 0 Å². The van der Waals surface area contributed by atoms with Gasteiger partial charge in [-0.05, 0) is 59.3 Å². The molecule has 1 aromatic heterocycles. The number of nitrogens with one attached hydrogen (secondary N) is 1. The van der Waals surface area contributed by atoms with E-state index in [1.54, 1.807) is 11.3 Å². The molecule has 1 aromatic carbocycles. The van der Waals surface area contributed by atoms with Crippen molar-refractivity contribution in [2.24, 2.45) is 5.73 Å². The van der Waals surface area contributed by atoms with E-state index in [2.05, 4.69) is 21.2 Å². The summed E-state index contributed by atoms with van der Waals surface area (Å²) in [5.74, 6) is 0.531. The molecule has 1 amide bonds. The van der Waals surface area contributed by atoms with E-state index in [-0.39, 0.29) is 11.8 Å².